The number of para-hydroxylation sites is 1. The van der Waals surface area contributed by atoms with E-state index in [9.17, 15) is 4.79 Å². The zero-order chi connectivity index (χ0) is 22.2. The van der Waals surface area contributed by atoms with Crippen LogP contribution in [0, 0.1) is 0 Å². The number of hydrazone groups is 1. The monoisotopic (exact) mass is 463 g/mol. The maximum absolute atomic E-state index is 12.1. The van der Waals surface area contributed by atoms with Gasteiger partial charge in [-0.2, -0.15) is 5.10 Å². The number of hydrogen-bond donors (Lipinski definition) is 1. The van der Waals surface area contributed by atoms with Crippen molar-refractivity contribution in [3.63, 3.8) is 0 Å². The average molecular weight is 464 g/mol. The van der Waals surface area contributed by atoms with Gasteiger partial charge in [-0.15, -0.1) is 11.3 Å². The molecule has 0 saturated carbocycles. The van der Waals surface area contributed by atoms with Gasteiger partial charge in [0.25, 0.3) is 5.91 Å². The van der Waals surface area contributed by atoms with Gasteiger partial charge < -0.3 is 9.47 Å². The van der Waals surface area contributed by atoms with Crippen LogP contribution in [0.1, 0.15) is 11.1 Å². The molecule has 0 fully saturated rings. The van der Waals surface area contributed by atoms with E-state index in [1.54, 1.807) is 24.7 Å². The van der Waals surface area contributed by atoms with Crippen molar-refractivity contribution in [3.05, 3.63) is 83.9 Å². The molecule has 0 atom stereocenters. The maximum atomic E-state index is 12.1. The molecule has 0 spiro atoms. The van der Waals surface area contributed by atoms with Crippen LogP contribution in [0.5, 0.6) is 11.5 Å². The van der Waals surface area contributed by atoms with Crippen molar-refractivity contribution >= 4 is 45.4 Å². The van der Waals surface area contributed by atoms with Gasteiger partial charge >= 0.3 is 0 Å². The van der Waals surface area contributed by atoms with E-state index in [0.717, 1.165) is 25.7 Å². The molecule has 1 amide bonds. The molecule has 0 radical (unpaired) electrons. The van der Waals surface area contributed by atoms with Crippen LogP contribution in [0.15, 0.2) is 82.2 Å². The Morgan fingerprint density at radius 3 is 2.72 bits per heavy atom. The van der Waals surface area contributed by atoms with Crippen LogP contribution in [-0.4, -0.2) is 30.0 Å². The Hall–Kier alpha value is -3.36. The van der Waals surface area contributed by atoms with Crippen LogP contribution < -0.4 is 14.9 Å². The normalized spacial score (nSPS) is 11.0. The highest BCUT2D eigenvalue weighted by Gasteiger charge is 2.08. The number of nitrogens with one attached hydrogen (secondary N) is 1. The van der Waals surface area contributed by atoms with Gasteiger partial charge in [-0.05, 0) is 41.5 Å². The van der Waals surface area contributed by atoms with Crippen LogP contribution in [0.4, 0.5) is 0 Å². The molecule has 0 bridgehead atoms. The summed E-state index contributed by atoms with van der Waals surface area (Å²) >= 11 is 2.97. The fraction of sp³-hybridized carbons (Fsp3) is 0.125. The van der Waals surface area contributed by atoms with Crippen LogP contribution in [0.3, 0.4) is 0 Å². The topological polar surface area (TPSA) is 72.8 Å². The Kier molecular flexibility index (Phi) is 7.37. The number of carbonyl (C=O) groups excluding carboxylic acids is 1. The van der Waals surface area contributed by atoms with Gasteiger partial charge in [-0.1, -0.05) is 54.2 Å². The minimum absolute atomic E-state index is 0.195. The second kappa shape index (κ2) is 10.8. The molecule has 6 nitrogen and oxygen atoms in total. The van der Waals surface area contributed by atoms with Crippen LogP contribution in [0.2, 0.25) is 0 Å². The summed E-state index contributed by atoms with van der Waals surface area (Å²) in [5, 5.41) is 4.06. The molecule has 3 aromatic carbocycles. The summed E-state index contributed by atoms with van der Waals surface area (Å²) in [6, 6.07) is 23.3. The SMILES string of the molecule is COc1ccc(C=NNC(=O)CSc2nc3ccccc3s2)cc1OCc1ccccc1. The zero-order valence-corrected chi connectivity index (χ0v) is 19.0. The van der Waals surface area contributed by atoms with E-state index in [2.05, 4.69) is 15.5 Å². The van der Waals surface area contributed by atoms with E-state index >= 15 is 0 Å². The third kappa shape index (κ3) is 5.87. The molecule has 4 aromatic rings. The number of methoxy groups -OCH3 is 1. The van der Waals surface area contributed by atoms with Gasteiger partial charge in [0, 0.05) is 0 Å². The molecule has 162 valence electrons. The van der Waals surface area contributed by atoms with Crippen LogP contribution >= 0.6 is 23.1 Å². The molecule has 1 aromatic heterocycles. The largest absolute Gasteiger partial charge is 0.493 e. The molecule has 0 unspecified atom stereocenters. The van der Waals surface area contributed by atoms with Gasteiger partial charge in [-0.25, -0.2) is 10.4 Å². The quantitative estimate of drug-likeness (QED) is 0.212. The van der Waals surface area contributed by atoms with Crippen LogP contribution in [-0.2, 0) is 11.4 Å². The van der Waals surface area contributed by atoms with E-state index in [1.807, 2.05) is 72.8 Å². The number of aromatic nitrogens is 1. The van der Waals surface area contributed by atoms with Gasteiger partial charge in [0.15, 0.2) is 15.8 Å². The standard InChI is InChI=1S/C24H21N3O3S2/c1-29-20-12-11-18(13-21(20)30-15-17-7-3-2-4-8-17)14-25-27-23(28)16-31-24-26-19-9-5-6-10-22(19)32-24/h2-14H,15-16H2,1H3,(H,27,28). The number of nitrogens with zero attached hydrogens (tertiary/aromatic N) is 2. The minimum Gasteiger partial charge on any atom is -0.493 e. The number of amides is 1. The van der Waals surface area contributed by atoms with E-state index in [0.29, 0.717) is 18.1 Å². The molecule has 0 saturated heterocycles. The number of ether oxygens (including phenoxy) is 2. The van der Waals surface area contributed by atoms with Crippen molar-refractivity contribution in [2.24, 2.45) is 5.10 Å². The molecule has 8 heteroatoms. The number of benzene rings is 3. The fourth-order valence-corrected chi connectivity index (χ4v) is 4.73. The molecule has 0 aliphatic carbocycles. The highest BCUT2D eigenvalue weighted by Crippen LogP contribution is 2.29. The second-order valence-electron chi connectivity index (χ2n) is 6.71. The first-order valence-electron chi connectivity index (χ1n) is 9.86. The Balaban J connectivity index is 1.31. The van der Waals surface area contributed by atoms with Gasteiger partial charge in [-0.3, -0.25) is 4.79 Å². The Bertz CT molecular complexity index is 1190. The average Bonchev–Trinajstić information content (AvgIpc) is 3.25. The lowest BCUT2D eigenvalue weighted by atomic mass is 10.2. The second-order valence-corrected chi connectivity index (χ2v) is 8.97. The Labute approximate surface area is 194 Å². The first-order valence-corrected chi connectivity index (χ1v) is 11.7. The van der Waals surface area contributed by atoms with E-state index in [4.69, 9.17) is 9.47 Å². The number of fused-ring (bicyclic) bond motifs is 1. The highest BCUT2D eigenvalue weighted by atomic mass is 32.2. The van der Waals surface area contributed by atoms with E-state index in [-0.39, 0.29) is 11.7 Å². The molecule has 1 N–H and O–H groups in total. The lowest BCUT2D eigenvalue weighted by Crippen LogP contribution is -2.19. The summed E-state index contributed by atoms with van der Waals surface area (Å²) in [4.78, 5) is 16.7. The lowest BCUT2D eigenvalue weighted by molar-refractivity contribution is -0.118. The van der Waals surface area contributed by atoms with E-state index < -0.39 is 0 Å². The van der Waals surface area contributed by atoms with Crippen molar-refractivity contribution in [1.29, 1.82) is 0 Å². The maximum Gasteiger partial charge on any atom is 0.250 e. The number of thioether (sulfide) groups is 1. The third-order valence-corrected chi connectivity index (χ3v) is 6.61. The summed E-state index contributed by atoms with van der Waals surface area (Å²) < 4.78 is 13.3. The van der Waals surface area contributed by atoms with Crippen LogP contribution in [0.25, 0.3) is 10.2 Å². The first kappa shape index (κ1) is 21.9. The number of rotatable bonds is 9. The van der Waals surface area contributed by atoms with E-state index in [1.165, 1.54) is 11.8 Å². The lowest BCUT2D eigenvalue weighted by Gasteiger charge is -2.11. The van der Waals surface area contributed by atoms with Crippen molar-refractivity contribution in [2.45, 2.75) is 10.9 Å². The first-order chi connectivity index (χ1) is 15.7. The number of hydrogen-bond acceptors (Lipinski definition) is 7. The summed E-state index contributed by atoms with van der Waals surface area (Å²) in [7, 11) is 1.60. The minimum atomic E-state index is -0.195. The fourth-order valence-electron chi connectivity index (χ4n) is 2.87. The number of carbonyl (C=O) groups is 1. The predicted octanol–water partition coefficient (Wildman–Crippen LogP) is 5.13. The summed E-state index contributed by atoms with van der Waals surface area (Å²) in [6.45, 7) is 0.428. The molecular formula is C24H21N3O3S2. The van der Waals surface area contributed by atoms with Crippen molar-refractivity contribution in [2.75, 3.05) is 12.9 Å². The van der Waals surface area contributed by atoms with Gasteiger partial charge in [0.2, 0.25) is 0 Å². The van der Waals surface area contributed by atoms with Crippen molar-refractivity contribution in [1.82, 2.24) is 10.4 Å². The van der Waals surface area contributed by atoms with Gasteiger partial charge in [0.1, 0.15) is 6.61 Å². The smallest absolute Gasteiger partial charge is 0.250 e. The third-order valence-electron chi connectivity index (χ3n) is 4.43. The Morgan fingerprint density at radius 1 is 1.09 bits per heavy atom. The molecule has 0 aliphatic rings. The summed E-state index contributed by atoms with van der Waals surface area (Å²) in [5.41, 5.74) is 5.35. The number of thiazole rings is 1. The summed E-state index contributed by atoms with van der Waals surface area (Å²) in [6.07, 6.45) is 1.58. The highest BCUT2D eigenvalue weighted by molar-refractivity contribution is 8.01. The summed E-state index contributed by atoms with van der Waals surface area (Å²) in [5.74, 6) is 1.29. The Morgan fingerprint density at radius 2 is 1.91 bits per heavy atom. The molecule has 0 aliphatic heterocycles. The molecular weight excluding hydrogens is 442 g/mol. The molecule has 4 rings (SSSR count). The predicted molar refractivity (Wildman–Crippen MR) is 130 cm³/mol. The van der Waals surface area contributed by atoms with Gasteiger partial charge in [0.05, 0.1) is 29.3 Å². The zero-order valence-electron chi connectivity index (χ0n) is 17.4. The van der Waals surface area contributed by atoms with Crippen molar-refractivity contribution in [3.8, 4) is 11.5 Å². The molecule has 1 heterocycles. The van der Waals surface area contributed by atoms with Crippen molar-refractivity contribution < 1.29 is 14.3 Å². The molecule has 32 heavy (non-hydrogen) atoms.